The molecule has 24 heavy (non-hydrogen) atoms. The third-order valence-corrected chi connectivity index (χ3v) is 5.81. The van der Waals surface area contributed by atoms with E-state index in [1.807, 2.05) is 24.0 Å². The molecule has 2 saturated heterocycles. The number of hydrogen-bond acceptors (Lipinski definition) is 4. The van der Waals surface area contributed by atoms with Crippen molar-refractivity contribution in [3.63, 3.8) is 0 Å². The predicted molar refractivity (Wildman–Crippen MR) is 94.1 cm³/mol. The van der Waals surface area contributed by atoms with E-state index in [4.69, 9.17) is 9.47 Å². The molecule has 128 valence electrons. The zero-order valence-electron chi connectivity index (χ0n) is 13.8. The molecule has 1 spiro atoms. The second-order valence-corrected chi connectivity index (χ2v) is 7.46. The van der Waals surface area contributed by atoms with E-state index < -0.39 is 5.79 Å². The summed E-state index contributed by atoms with van der Waals surface area (Å²) in [5, 5.41) is 6.39. The van der Waals surface area contributed by atoms with Crippen LogP contribution in [-0.4, -0.2) is 42.5 Å². The van der Waals surface area contributed by atoms with Gasteiger partial charge < -0.3 is 19.7 Å². The molecular formula is C18H22N2O3S. The Morgan fingerprint density at radius 3 is 2.92 bits per heavy atom. The summed E-state index contributed by atoms with van der Waals surface area (Å²) >= 11 is 1.72. The van der Waals surface area contributed by atoms with Crippen molar-refractivity contribution < 1.29 is 14.3 Å². The Balaban J connectivity index is 1.32. The summed E-state index contributed by atoms with van der Waals surface area (Å²) in [4.78, 5) is 14.3. The number of thiophene rings is 1. The topological polar surface area (TPSA) is 50.8 Å². The first-order valence-corrected chi connectivity index (χ1v) is 9.33. The molecular weight excluding hydrogens is 324 g/mol. The van der Waals surface area contributed by atoms with E-state index in [2.05, 4.69) is 22.8 Å². The number of rotatable bonds is 2. The first-order valence-electron chi connectivity index (χ1n) is 8.45. The van der Waals surface area contributed by atoms with Gasteiger partial charge in [0.2, 0.25) is 0 Å². The second kappa shape index (κ2) is 6.35. The SMILES string of the molecule is CC1COC2(CCN(C(=O)NCc3csc4ccccc34)CC2)O1. The van der Waals surface area contributed by atoms with Gasteiger partial charge in [0.1, 0.15) is 0 Å². The van der Waals surface area contributed by atoms with Gasteiger partial charge in [-0.15, -0.1) is 11.3 Å². The quantitative estimate of drug-likeness (QED) is 0.907. The van der Waals surface area contributed by atoms with Crippen LogP contribution in [0.15, 0.2) is 29.6 Å². The molecule has 1 atom stereocenters. The van der Waals surface area contributed by atoms with Crippen LogP contribution >= 0.6 is 11.3 Å². The number of likely N-dealkylation sites (tertiary alicyclic amines) is 1. The molecule has 2 aliphatic heterocycles. The first-order chi connectivity index (χ1) is 11.7. The minimum Gasteiger partial charge on any atom is -0.347 e. The summed E-state index contributed by atoms with van der Waals surface area (Å²) < 4.78 is 13.0. The molecule has 0 saturated carbocycles. The van der Waals surface area contributed by atoms with Crippen molar-refractivity contribution in [2.75, 3.05) is 19.7 Å². The second-order valence-electron chi connectivity index (χ2n) is 6.55. The van der Waals surface area contributed by atoms with E-state index in [1.165, 1.54) is 15.6 Å². The number of fused-ring (bicyclic) bond motifs is 1. The molecule has 2 fully saturated rings. The number of carbonyl (C=O) groups excluding carboxylic acids is 1. The molecule has 1 N–H and O–H groups in total. The fraction of sp³-hybridized carbons (Fsp3) is 0.500. The maximum atomic E-state index is 12.4. The minimum atomic E-state index is -0.459. The van der Waals surface area contributed by atoms with Crippen LogP contribution in [-0.2, 0) is 16.0 Å². The number of nitrogens with one attached hydrogen (secondary N) is 1. The molecule has 0 radical (unpaired) electrons. The van der Waals surface area contributed by atoms with Crippen molar-refractivity contribution in [2.24, 2.45) is 0 Å². The van der Waals surface area contributed by atoms with Crippen LogP contribution in [0.25, 0.3) is 10.1 Å². The summed E-state index contributed by atoms with van der Waals surface area (Å²) in [5.41, 5.74) is 1.17. The van der Waals surface area contributed by atoms with E-state index in [0.717, 1.165) is 12.8 Å². The van der Waals surface area contributed by atoms with Crippen molar-refractivity contribution in [3.05, 3.63) is 35.2 Å². The average molecular weight is 346 g/mol. The number of nitrogens with zero attached hydrogens (tertiary/aromatic N) is 1. The van der Waals surface area contributed by atoms with Crippen LogP contribution in [0.2, 0.25) is 0 Å². The highest BCUT2D eigenvalue weighted by Crippen LogP contribution is 2.34. The van der Waals surface area contributed by atoms with Gasteiger partial charge in [-0.3, -0.25) is 0 Å². The molecule has 2 amide bonds. The van der Waals surface area contributed by atoms with Crippen LogP contribution in [0.1, 0.15) is 25.3 Å². The van der Waals surface area contributed by atoms with Crippen molar-refractivity contribution in [1.82, 2.24) is 10.2 Å². The molecule has 0 aliphatic carbocycles. The van der Waals surface area contributed by atoms with Gasteiger partial charge in [0.25, 0.3) is 0 Å². The number of piperidine rings is 1. The van der Waals surface area contributed by atoms with Crippen LogP contribution < -0.4 is 5.32 Å². The lowest BCUT2D eigenvalue weighted by Gasteiger charge is -2.37. The van der Waals surface area contributed by atoms with Gasteiger partial charge in [0.05, 0.1) is 12.7 Å². The standard InChI is InChI=1S/C18H22N2O3S/c1-13-11-22-18(23-13)6-8-20(9-7-18)17(21)19-10-14-12-24-16-5-3-2-4-15(14)16/h2-5,12-13H,6-11H2,1H3,(H,19,21). The maximum absolute atomic E-state index is 12.4. The number of ether oxygens (including phenoxy) is 2. The highest BCUT2D eigenvalue weighted by Gasteiger charge is 2.43. The van der Waals surface area contributed by atoms with Crippen LogP contribution in [0.4, 0.5) is 4.79 Å². The van der Waals surface area contributed by atoms with Gasteiger partial charge in [-0.05, 0) is 29.3 Å². The number of benzene rings is 1. The highest BCUT2D eigenvalue weighted by atomic mass is 32.1. The molecule has 1 aromatic heterocycles. The van der Waals surface area contributed by atoms with E-state index in [1.54, 1.807) is 11.3 Å². The van der Waals surface area contributed by atoms with Gasteiger partial charge in [0, 0.05) is 37.2 Å². The molecule has 0 bridgehead atoms. The molecule has 3 heterocycles. The Hall–Kier alpha value is -1.63. The Morgan fingerprint density at radius 2 is 2.17 bits per heavy atom. The van der Waals surface area contributed by atoms with Crippen molar-refractivity contribution in [2.45, 2.75) is 38.2 Å². The Labute approximate surface area is 145 Å². The van der Waals surface area contributed by atoms with Gasteiger partial charge in [0.15, 0.2) is 5.79 Å². The van der Waals surface area contributed by atoms with E-state index >= 15 is 0 Å². The van der Waals surface area contributed by atoms with Gasteiger partial charge in [-0.2, -0.15) is 0 Å². The van der Waals surface area contributed by atoms with Crippen LogP contribution in [0.5, 0.6) is 0 Å². The lowest BCUT2D eigenvalue weighted by molar-refractivity contribution is -0.189. The monoisotopic (exact) mass is 346 g/mol. The smallest absolute Gasteiger partial charge is 0.317 e. The number of hydrogen-bond donors (Lipinski definition) is 1. The maximum Gasteiger partial charge on any atom is 0.317 e. The fourth-order valence-electron chi connectivity index (χ4n) is 3.47. The normalized spacial score (nSPS) is 23.0. The summed E-state index contributed by atoms with van der Waals surface area (Å²) in [6, 6.07) is 8.28. The Kier molecular flexibility index (Phi) is 4.20. The number of carbonyl (C=O) groups is 1. The fourth-order valence-corrected chi connectivity index (χ4v) is 4.43. The van der Waals surface area contributed by atoms with Crippen molar-refractivity contribution in [3.8, 4) is 0 Å². The molecule has 1 aromatic carbocycles. The zero-order valence-corrected chi connectivity index (χ0v) is 14.6. The molecule has 1 unspecified atom stereocenters. The summed E-state index contributed by atoms with van der Waals surface area (Å²) in [7, 11) is 0. The highest BCUT2D eigenvalue weighted by molar-refractivity contribution is 7.17. The van der Waals surface area contributed by atoms with E-state index in [9.17, 15) is 4.79 Å². The largest absolute Gasteiger partial charge is 0.347 e. The lowest BCUT2D eigenvalue weighted by Crippen LogP contribution is -2.50. The molecule has 4 rings (SSSR count). The minimum absolute atomic E-state index is 0.00817. The molecule has 2 aliphatic rings. The van der Waals surface area contributed by atoms with Crippen molar-refractivity contribution in [1.29, 1.82) is 0 Å². The summed E-state index contributed by atoms with van der Waals surface area (Å²) in [5.74, 6) is -0.459. The van der Waals surface area contributed by atoms with Crippen LogP contribution in [0, 0.1) is 0 Å². The molecule has 5 nitrogen and oxygen atoms in total. The van der Waals surface area contributed by atoms with E-state index in [0.29, 0.717) is 26.2 Å². The lowest BCUT2D eigenvalue weighted by atomic mass is 10.0. The Bertz CT molecular complexity index is 737. The molecule has 2 aromatic rings. The summed E-state index contributed by atoms with van der Waals surface area (Å²) in [6.45, 7) is 4.58. The zero-order chi connectivity index (χ0) is 16.6. The summed E-state index contributed by atoms with van der Waals surface area (Å²) in [6.07, 6.45) is 1.63. The van der Waals surface area contributed by atoms with Crippen molar-refractivity contribution >= 4 is 27.5 Å². The van der Waals surface area contributed by atoms with E-state index in [-0.39, 0.29) is 12.1 Å². The third kappa shape index (κ3) is 3.01. The molecule has 6 heteroatoms. The predicted octanol–water partition coefficient (Wildman–Crippen LogP) is 3.34. The number of urea groups is 1. The first kappa shape index (κ1) is 15.9. The van der Waals surface area contributed by atoms with Gasteiger partial charge in [-0.25, -0.2) is 4.79 Å². The average Bonchev–Trinajstić information content (AvgIpc) is 3.17. The van der Waals surface area contributed by atoms with Crippen LogP contribution in [0.3, 0.4) is 0 Å². The third-order valence-electron chi connectivity index (χ3n) is 4.80. The Morgan fingerprint density at radius 1 is 1.38 bits per heavy atom. The number of amides is 2. The van der Waals surface area contributed by atoms with Gasteiger partial charge >= 0.3 is 6.03 Å². The van der Waals surface area contributed by atoms with Gasteiger partial charge in [-0.1, -0.05) is 18.2 Å².